The molecule has 186 valence electrons. The summed E-state index contributed by atoms with van der Waals surface area (Å²) in [4.78, 5) is 36.2. The molecule has 1 saturated carbocycles. The summed E-state index contributed by atoms with van der Waals surface area (Å²) in [6.45, 7) is 1.64. The monoisotopic (exact) mass is 486 g/mol. The summed E-state index contributed by atoms with van der Waals surface area (Å²) in [5.41, 5.74) is 4.05. The Balaban J connectivity index is 1.43. The van der Waals surface area contributed by atoms with E-state index in [4.69, 9.17) is 4.74 Å². The number of alkyl carbamates (subject to hydrolysis) is 1. The lowest BCUT2D eigenvalue weighted by Gasteiger charge is -2.28. The Labute approximate surface area is 201 Å². The molecule has 2 atom stereocenters. The Morgan fingerprint density at radius 1 is 1.03 bits per heavy atom. The fourth-order valence-electron chi connectivity index (χ4n) is 4.64. The molecule has 2 amide bonds. The standard InChI is InChI=1S/C26H28F2N2O5/c1-2-7-21(23(31)32)29-24(33)26(27,28)22(15-12-13-15)30-25(34)35-14-20-18-10-5-3-8-16(18)17-9-4-6-11-19(17)20/h3-6,8-11,15,20-22H,2,7,12-14H2,1H3,(H,29,33)(H,30,34)(H,31,32)/t21-,22?/m1/s1. The Bertz CT molecular complexity index is 1070. The molecule has 0 aliphatic heterocycles. The van der Waals surface area contributed by atoms with Gasteiger partial charge < -0.3 is 20.5 Å². The summed E-state index contributed by atoms with van der Waals surface area (Å²) in [7, 11) is 0. The van der Waals surface area contributed by atoms with E-state index in [2.05, 4.69) is 5.32 Å². The third kappa shape index (κ3) is 5.13. The molecule has 3 N–H and O–H groups in total. The number of carboxylic acids is 1. The van der Waals surface area contributed by atoms with Gasteiger partial charge >= 0.3 is 18.0 Å². The molecule has 2 aliphatic carbocycles. The zero-order valence-electron chi connectivity index (χ0n) is 19.3. The lowest BCUT2D eigenvalue weighted by atomic mass is 9.98. The lowest BCUT2D eigenvalue weighted by molar-refractivity contribution is -0.155. The number of nitrogens with one attached hydrogen (secondary N) is 2. The van der Waals surface area contributed by atoms with Crippen LogP contribution < -0.4 is 10.6 Å². The van der Waals surface area contributed by atoms with Crippen molar-refractivity contribution < 1.29 is 33.0 Å². The first-order chi connectivity index (χ1) is 16.7. The molecule has 2 aromatic carbocycles. The topological polar surface area (TPSA) is 105 Å². The number of alkyl halides is 2. The molecular formula is C26H28F2N2O5. The van der Waals surface area contributed by atoms with Gasteiger partial charge in [0.1, 0.15) is 18.7 Å². The zero-order valence-corrected chi connectivity index (χ0v) is 19.3. The van der Waals surface area contributed by atoms with Crippen LogP contribution in [0, 0.1) is 5.92 Å². The highest BCUT2D eigenvalue weighted by molar-refractivity contribution is 5.89. The van der Waals surface area contributed by atoms with Gasteiger partial charge in [0, 0.05) is 5.92 Å². The predicted octanol–water partition coefficient (Wildman–Crippen LogP) is 4.31. The van der Waals surface area contributed by atoms with Crippen molar-refractivity contribution in [2.45, 2.75) is 56.5 Å². The van der Waals surface area contributed by atoms with E-state index in [1.165, 1.54) is 0 Å². The van der Waals surface area contributed by atoms with Crippen molar-refractivity contribution in [3.63, 3.8) is 0 Å². The average Bonchev–Trinajstić information content (AvgIpc) is 3.63. The Morgan fingerprint density at radius 2 is 1.60 bits per heavy atom. The van der Waals surface area contributed by atoms with E-state index in [0.29, 0.717) is 19.3 Å². The fraction of sp³-hybridized carbons (Fsp3) is 0.423. The second kappa shape index (κ2) is 10.0. The van der Waals surface area contributed by atoms with Gasteiger partial charge in [-0.1, -0.05) is 61.9 Å². The minimum atomic E-state index is -3.99. The summed E-state index contributed by atoms with van der Waals surface area (Å²) < 4.78 is 35.5. The van der Waals surface area contributed by atoms with E-state index >= 15 is 8.78 Å². The van der Waals surface area contributed by atoms with Gasteiger partial charge in [0.25, 0.3) is 5.91 Å². The van der Waals surface area contributed by atoms with E-state index in [0.717, 1.165) is 22.3 Å². The molecule has 4 rings (SSSR count). The van der Waals surface area contributed by atoms with Crippen molar-refractivity contribution in [2.75, 3.05) is 6.61 Å². The molecule has 0 heterocycles. The molecule has 0 radical (unpaired) electrons. The van der Waals surface area contributed by atoms with E-state index < -0.39 is 41.9 Å². The molecular weight excluding hydrogens is 458 g/mol. The Morgan fingerprint density at radius 3 is 2.11 bits per heavy atom. The van der Waals surface area contributed by atoms with Crippen LogP contribution in [0.5, 0.6) is 0 Å². The van der Waals surface area contributed by atoms with Gasteiger partial charge in [-0.2, -0.15) is 8.78 Å². The summed E-state index contributed by atoms with van der Waals surface area (Å²) in [6.07, 6.45) is 0.223. The van der Waals surface area contributed by atoms with Crippen LogP contribution >= 0.6 is 0 Å². The average molecular weight is 487 g/mol. The van der Waals surface area contributed by atoms with Crippen LogP contribution in [0.4, 0.5) is 13.6 Å². The summed E-state index contributed by atoms with van der Waals surface area (Å²) in [5, 5.41) is 13.3. The number of benzene rings is 2. The Hall–Kier alpha value is -3.49. The van der Waals surface area contributed by atoms with Gasteiger partial charge in [-0.3, -0.25) is 4.79 Å². The number of rotatable bonds is 10. The molecule has 2 aromatic rings. The summed E-state index contributed by atoms with van der Waals surface area (Å²) in [6, 6.07) is 12.3. The SMILES string of the molecule is CCC[C@@H](NC(=O)C(F)(F)C(NC(=O)OCC1c2ccccc2-c2ccccc21)C1CC1)C(=O)O. The zero-order chi connectivity index (χ0) is 25.2. The second-order valence-corrected chi connectivity index (χ2v) is 9.06. The van der Waals surface area contributed by atoms with E-state index in [1.807, 2.05) is 53.8 Å². The van der Waals surface area contributed by atoms with Crippen LogP contribution in [0.3, 0.4) is 0 Å². The fourth-order valence-corrected chi connectivity index (χ4v) is 4.64. The van der Waals surface area contributed by atoms with Gasteiger partial charge in [0.05, 0.1) is 0 Å². The van der Waals surface area contributed by atoms with Crippen LogP contribution in [0.1, 0.15) is 49.7 Å². The summed E-state index contributed by atoms with van der Waals surface area (Å²) >= 11 is 0. The quantitative estimate of drug-likeness (QED) is 0.464. The first kappa shape index (κ1) is 24.6. The van der Waals surface area contributed by atoms with Crippen LogP contribution in [-0.2, 0) is 14.3 Å². The molecule has 0 spiro atoms. The van der Waals surface area contributed by atoms with Crippen molar-refractivity contribution in [1.82, 2.24) is 10.6 Å². The third-order valence-corrected chi connectivity index (χ3v) is 6.58. The van der Waals surface area contributed by atoms with Gasteiger partial charge in [-0.25, -0.2) is 9.59 Å². The molecule has 1 fully saturated rings. The lowest BCUT2D eigenvalue weighted by Crippen LogP contribution is -2.59. The van der Waals surface area contributed by atoms with Crippen molar-refractivity contribution in [3.8, 4) is 11.1 Å². The second-order valence-electron chi connectivity index (χ2n) is 9.06. The van der Waals surface area contributed by atoms with Crippen LogP contribution in [-0.4, -0.2) is 47.7 Å². The first-order valence-electron chi connectivity index (χ1n) is 11.8. The Kier molecular flexibility index (Phi) is 7.05. The van der Waals surface area contributed by atoms with Gasteiger partial charge in [0.15, 0.2) is 0 Å². The normalized spacial score (nSPS) is 16.5. The van der Waals surface area contributed by atoms with Crippen LogP contribution in [0.25, 0.3) is 11.1 Å². The van der Waals surface area contributed by atoms with Gasteiger partial charge in [-0.15, -0.1) is 0 Å². The summed E-state index contributed by atoms with van der Waals surface area (Å²) in [5.74, 6) is -7.92. The molecule has 2 aliphatic rings. The number of ether oxygens (including phenoxy) is 1. The highest BCUT2D eigenvalue weighted by Crippen LogP contribution is 2.44. The van der Waals surface area contributed by atoms with Gasteiger partial charge in [0.2, 0.25) is 0 Å². The smallest absolute Gasteiger partial charge is 0.407 e. The number of halogens is 2. The highest BCUT2D eigenvalue weighted by atomic mass is 19.3. The maximum atomic E-state index is 15.1. The number of amides is 2. The number of carboxylic acid groups (broad SMARTS) is 1. The number of aliphatic carboxylic acids is 1. The predicted molar refractivity (Wildman–Crippen MR) is 124 cm³/mol. The number of hydrogen-bond donors (Lipinski definition) is 3. The van der Waals surface area contributed by atoms with Crippen molar-refractivity contribution in [2.24, 2.45) is 5.92 Å². The minimum Gasteiger partial charge on any atom is -0.480 e. The van der Waals surface area contributed by atoms with Crippen molar-refractivity contribution in [1.29, 1.82) is 0 Å². The maximum Gasteiger partial charge on any atom is 0.407 e. The molecule has 9 heteroatoms. The molecule has 7 nitrogen and oxygen atoms in total. The van der Waals surface area contributed by atoms with Crippen LogP contribution in [0.2, 0.25) is 0 Å². The number of carbonyl (C=O) groups excluding carboxylic acids is 2. The molecule has 0 aromatic heterocycles. The van der Waals surface area contributed by atoms with Crippen molar-refractivity contribution >= 4 is 18.0 Å². The molecule has 0 bridgehead atoms. The largest absolute Gasteiger partial charge is 0.480 e. The minimum absolute atomic E-state index is 0.0189. The third-order valence-electron chi connectivity index (χ3n) is 6.58. The number of carbonyl (C=O) groups is 3. The van der Waals surface area contributed by atoms with Crippen LogP contribution in [0.15, 0.2) is 48.5 Å². The molecule has 0 saturated heterocycles. The highest BCUT2D eigenvalue weighted by Gasteiger charge is 2.55. The van der Waals surface area contributed by atoms with E-state index in [1.54, 1.807) is 6.92 Å². The molecule has 35 heavy (non-hydrogen) atoms. The van der Waals surface area contributed by atoms with E-state index in [-0.39, 0.29) is 18.9 Å². The van der Waals surface area contributed by atoms with Gasteiger partial charge in [-0.05, 0) is 47.4 Å². The number of hydrogen-bond acceptors (Lipinski definition) is 4. The van der Waals surface area contributed by atoms with E-state index in [9.17, 15) is 19.5 Å². The van der Waals surface area contributed by atoms with Crippen molar-refractivity contribution in [3.05, 3.63) is 59.7 Å². The first-order valence-corrected chi connectivity index (χ1v) is 11.8. The number of fused-ring (bicyclic) bond motifs is 3. The molecule has 1 unspecified atom stereocenters. The maximum absolute atomic E-state index is 15.1.